The summed E-state index contributed by atoms with van der Waals surface area (Å²) < 4.78 is 16.1. The van der Waals surface area contributed by atoms with E-state index in [1.165, 1.54) is 0 Å². The molecule has 1 fully saturated rings. The molecule has 0 aliphatic carbocycles. The lowest BCUT2D eigenvalue weighted by atomic mass is 10.1. The van der Waals surface area contributed by atoms with Crippen LogP contribution >= 0.6 is 24.0 Å². The van der Waals surface area contributed by atoms with Crippen LogP contribution < -0.4 is 10.6 Å². The summed E-state index contributed by atoms with van der Waals surface area (Å²) in [6.07, 6.45) is 3.19. The van der Waals surface area contributed by atoms with Crippen molar-refractivity contribution in [3.05, 3.63) is 0 Å². The second-order valence-electron chi connectivity index (χ2n) is 6.23. The lowest BCUT2D eigenvalue weighted by Crippen LogP contribution is -2.39. The van der Waals surface area contributed by atoms with E-state index in [1.54, 1.807) is 14.2 Å². The van der Waals surface area contributed by atoms with Crippen molar-refractivity contribution in [2.45, 2.75) is 19.3 Å². The minimum Gasteiger partial charge on any atom is -0.383 e. The fourth-order valence-electron chi connectivity index (χ4n) is 2.48. The van der Waals surface area contributed by atoms with Gasteiger partial charge in [0.25, 0.3) is 0 Å². The molecule has 0 radical (unpaired) electrons. The van der Waals surface area contributed by atoms with Gasteiger partial charge in [-0.15, -0.1) is 24.0 Å². The molecule has 7 nitrogen and oxygen atoms in total. The van der Waals surface area contributed by atoms with Gasteiger partial charge < -0.3 is 29.7 Å². The van der Waals surface area contributed by atoms with Crippen molar-refractivity contribution in [3.8, 4) is 0 Å². The Hall–Kier alpha value is -0.160. The van der Waals surface area contributed by atoms with Crippen LogP contribution in [-0.2, 0) is 14.2 Å². The molecule has 0 saturated carbocycles. The summed E-state index contributed by atoms with van der Waals surface area (Å²) in [4.78, 5) is 6.51. The number of hydrogen-bond acceptors (Lipinski definition) is 5. The number of aliphatic imine (C=N–C) groups is 1. The highest BCUT2D eigenvalue weighted by atomic mass is 127. The van der Waals surface area contributed by atoms with E-state index in [0.717, 1.165) is 84.4 Å². The summed E-state index contributed by atoms with van der Waals surface area (Å²) in [6.45, 7) is 7.93. The number of nitrogens with one attached hydrogen (secondary N) is 2. The van der Waals surface area contributed by atoms with Crippen LogP contribution in [0, 0.1) is 5.92 Å². The summed E-state index contributed by atoms with van der Waals surface area (Å²) in [6, 6.07) is 0. The Balaban J connectivity index is 0.00000576. The monoisotopic (exact) mass is 472 g/mol. The number of halogens is 1. The van der Waals surface area contributed by atoms with Gasteiger partial charge in [-0.2, -0.15) is 0 Å². The third-order valence-corrected chi connectivity index (χ3v) is 4.05. The van der Waals surface area contributed by atoms with E-state index in [9.17, 15) is 0 Å². The molecular weight excluding hydrogens is 435 g/mol. The quantitative estimate of drug-likeness (QED) is 0.182. The molecule has 1 saturated heterocycles. The van der Waals surface area contributed by atoms with E-state index in [0.29, 0.717) is 5.92 Å². The van der Waals surface area contributed by atoms with Gasteiger partial charge in [-0.05, 0) is 32.9 Å². The molecule has 0 spiro atoms. The van der Waals surface area contributed by atoms with E-state index in [1.807, 2.05) is 0 Å². The lowest BCUT2D eigenvalue weighted by molar-refractivity contribution is 0.0888. The van der Waals surface area contributed by atoms with Crippen molar-refractivity contribution in [1.29, 1.82) is 0 Å². The summed E-state index contributed by atoms with van der Waals surface area (Å²) >= 11 is 0. The average Bonchev–Trinajstić information content (AvgIpc) is 3.11. The zero-order valence-corrected chi connectivity index (χ0v) is 18.4. The highest BCUT2D eigenvalue weighted by Gasteiger charge is 2.15. The fourth-order valence-corrected chi connectivity index (χ4v) is 2.48. The maximum Gasteiger partial charge on any atom is 0.190 e. The molecule has 1 rings (SSSR count). The van der Waals surface area contributed by atoms with E-state index in [-0.39, 0.29) is 24.0 Å². The molecule has 150 valence electrons. The summed E-state index contributed by atoms with van der Waals surface area (Å²) in [5.74, 6) is 1.45. The van der Waals surface area contributed by atoms with Crippen molar-refractivity contribution >= 4 is 29.9 Å². The average molecular weight is 472 g/mol. The summed E-state index contributed by atoms with van der Waals surface area (Å²) in [7, 11) is 5.65. The van der Waals surface area contributed by atoms with Crippen molar-refractivity contribution in [3.63, 3.8) is 0 Å². The van der Waals surface area contributed by atoms with Gasteiger partial charge >= 0.3 is 0 Å². The van der Waals surface area contributed by atoms with Gasteiger partial charge in [0.1, 0.15) is 0 Å². The summed E-state index contributed by atoms with van der Waals surface area (Å²) in [5, 5.41) is 6.66. The van der Waals surface area contributed by atoms with Crippen LogP contribution in [0.1, 0.15) is 19.3 Å². The number of nitrogens with zero attached hydrogens (tertiary/aromatic N) is 2. The molecule has 1 atom stereocenters. The molecule has 0 aromatic carbocycles. The maximum atomic E-state index is 5.69. The van der Waals surface area contributed by atoms with Gasteiger partial charge in [-0.3, -0.25) is 4.99 Å². The third kappa shape index (κ3) is 13.7. The van der Waals surface area contributed by atoms with Crippen LogP contribution in [0.2, 0.25) is 0 Å². The highest BCUT2D eigenvalue weighted by Crippen LogP contribution is 2.12. The topological polar surface area (TPSA) is 67.4 Å². The van der Waals surface area contributed by atoms with E-state index >= 15 is 0 Å². The number of guanidine groups is 1. The van der Waals surface area contributed by atoms with Crippen molar-refractivity contribution in [2.24, 2.45) is 10.9 Å². The molecule has 1 heterocycles. The molecular formula is C17H37IN4O3. The van der Waals surface area contributed by atoms with Crippen LogP contribution in [0.25, 0.3) is 0 Å². The van der Waals surface area contributed by atoms with Crippen LogP contribution in [0.15, 0.2) is 4.99 Å². The highest BCUT2D eigenvalue weighted by molar-refractivity contribution is 14.0. The predicted octanol–water partition coefficient (Wildman–Crippen LogP) is 1.18. The van der Waals surface area contributed by atoms with Crippen molar-refractivity contribution in [1.82, 2.24) is 15.5 Å². The van der Waals surface area contributed by atoms with E-state index in [4.69, 9.17) is 14.2 Å². The third-order valence-electron chi connectivity index (χ3n) is 4.05. The molecule has 0 aromatic heterocycles. The van der Waals surface area contributed by atoms with E-state index in [2.05, 4.69) is 27.6 Å². The first-order valence-electron chi connectivity index (χ1n) is 9.03. The summed E-state index contributed by atoms with van der Waals surface area (Å²) in [5.41, 5.74) is 0. The van der Waals surface area contributed by atoms with Gasteiger partial charge in [-0.25, -0.2) is 0 Å². The van der Waals surface area contributed by atoms with Gasteiger partial charge in [0, 0.05) is 52.9 Å². The normalized spacial score (nSPS) is 17.6. The minimum absolute atomic E-state index is 0. The zero-order chi connectivity index (χ0) is 17.5. The zero-order valence-electron chi connectivity index (χ0n) is 16.1. The second-order valence-corrected chi connectivity index (χ2v) is 6.23. The molecule has 1 aliphatic rings. The lowest BCUT2D eigenvalue weighted by Gasteiger charge is -2.17. The maximum absolute atomic E-state index is 5.69. The molecule has 1 unspecified atom stereocenters. The molecule has 0 amide bonds. The Morgan fingerprint density at radius 2 is 1.96 bits per heavy atom. The largest absolute Gasteiger partial charge is 0.383 e. The Kier molecular flexibility index (Phi) is 17.2. The van der Waals surface area contributed by atoms with E-state index < -0.39 is 0 Å². The number of rotatable bonds is 13. The first-order chi connectivity index (χ1) is 11.8. The SMILES string of the molecule is CN=C(NCCCOCC1CCOC1)NCCCN(C)CCOC.I. The second kappa shape index (κ2) is 17.3. The minimum atomic E-state index is 0. The Labute approximate surface area is 170 Å². The van der Waals surface area contributed by atoms with Gasteiger partial charge in [0.05, 0.1) is 19.8 Å². The number of likely N-dealkylation sites (N-methyl/N-ethyl adjacent to an activating group) is 1. The van der Waals surface area contributed by atoms with Gasteiger partial charge in [-0.1, -0.05) is 0 Å². The Morgan fingerprint density at radius 3 is 2.60 bits per heavy atom. The van der Waals surface area contributed by atoms with Crippen molar-refractivity contribution < 1.29 is 14.2 Å². The van der Waals surface area contributed by atoms with Gasteiger partial charge in [0.2, 0.25) is 0 Å². The molecule has 0 bridgehead atoms. The van der Waals surface area contributed by atoms with Gasteiger partial charge in [0.15, 0.2) is 5.96 Å². The first kappa shape index (κ1) is 24.8. The smallest absolute Gasteiger partial charge is 0.190 e. The molecule has 8 heteroatoms. The number of hydrogen-bond donors (Lipinski definition) is 2. The first-order valence-corrected chi connectivity index (χ1v) is 9.03. The molecule has 0 aromatic rings. The predicted molar refractivity (Wildman–Crippen MR) is 113 cm³/mol. The van der Waals surface area contributed by atoms with Crippen LogP contribution in [0.4, 0.5) is 0 Å². The fraction of sp³-hybridized carbons (Fsp3) is 0.941. The molecule has 2 N–H and O–H groups in total. The van der Waals surface area contributed by atoms with Crippen LogP contribution in [0.5, 0.6) is 0 Å². The molecule has 25 heavy (non-hydrogen) atoms. The Morgan fingerprint density at radius 1 is 1.20 bits per heavy atom. The van der Waals surface area contributed by atoms with Crippen LogP contribution in [-0.4, -0.2) is 91.3 Å². The van der Waals surface area contributed by atoms with Crippen molar-refractivity contribution in [2.75, 3.05) is 80.4 Å². The number of methoxy groups -OCH3 is 1. The van der Waals surface area contributed by atoms with Crippen LogP contribution in [0.3, 0.4) is 0 Å². The Bertz CT molecular complexity index is 329. The standard InChI is InChI=1S/C17H36N4O3.HI/c1-18-17(19-7-4-9-21(2)10-13-22-3)20-8-5-11-23-14-16-6-12-24-15-16;/h16H,4-15H2,1-3H3,(H2,18,19,20);1H. The molecule has 1 aliphatic heterocycles. The number of ether oxygens (including phenoxy) is 3.